The molecule has 2 saturated heterocycles. The maximum atomic E-state index is 12.1. The number of carbonyl (C=O) groups is 3. The SMILES string of the molecule is CC(=O)SC1CC(=O)N([C@@H]2CCN(C(=O)OC(C)(C)C)C2)C1. The van der Waals surface area contributed by atoms with Gasteiger partial charge in [0.1, 0.15) is 5.60 Å². The van der Waals surface area contributed by atoms with Gasteiger partial charge in [-0.05, 0) is 27.2 Å². The highest BCUT2D eigenvalue weighted by atomic mass is 32.2. The molecule has 0 aromatic heterocycles. The highest BCUT2D eigenvalue weighted by molar-refractivity contribution is 8.14. The molecule has 22 heavy (non-hydrogen) atoms. The van der Waals surface area contributed by atoms with E-state index in [9.17, 15) is 14.4 Å². The Morgan fingerprint density at radius 2 is 1.95 bits per heavy atom. The fourth-order valence-corrected chi connectivity index (χ4v) is 3.78. The van der Waals surface area contributed by atoms with E-state index in [4.69, 9.17) is 4.74 Å². The van der Waals surface area contributed by atoms with Gasteiger partial charge in [-0.25, -0.2) is 4.79 Å². The number of thioether (sulfide) groups is 1. The van der Waals surface area contributed by atoms with Gasteiger partial charge >= 0.3 is 6.09 Å². The van der Waals surface area contributed by atoms with Crippen LogP contribution < -0.4 is 0 Å². The molecule has 2 aliphatic heterocycles. The molecule has 1 unspecified atom stereocenters. The molecule has 0 aromatic rings. The summed E-state index contributed by atoms with van der Waals surface area (Å²) < 4.78 is 5.37. The van der Waals surface area contributed by atoms with Gasteiger partial charge in [-0.1, -0.05) is 11.8 Å². The molecule has 2 aliphatic rings. The van der Waals surface area contributed by atoms with Gasteiger partial charge in [-0.2, -0.15) is 0 Å². The van der Waals surface area contributed by atoms with Crippen molar-refractivity contribution < 1.29 is 19.1 Å². The minimum absolute atomic E-state index is 0.0394. The molecule has 2 atom stereocenters. The van der Waals surface area contributed by atoms with Crippen molar-refractivity contribution in [2.24, 2.45) is 0 Å². The Labute approximate surface area is 135 Å². The molecule has 0 saturated carbocycles. The summed E-state index contributed by atoms with van der Waals surface area (Å²) in [7, 11) is 0. The molecule has 0 radical (unpaired) electrons. The maximum absolute atomic E-state index is 12.1. The second kappa shape index (κ2) is 6.48. The number of hydrogen-bond acceptors (Lipinski definition) is 5. The van der Waals surface area contributed by atoms with Crippen LogP contribution in [0.25, 0.3) is 0 Å². The molecule has 2 rings (SSSR count). The van der Waals surface area contributed by atoms with Crippen LogP contribution in [0.4, 0.5) is 4.79 Å². The van der Waals surface area contributed by atoms with Crippen molar-refractivity contribution in [3.63, 3.8) is 0 Å². The maximum Gasteiger partial charge on any atom is 0.410 e. The van der Waals surface area contributed by atoms with Crippen molar-refractivity contribution in [2.45, 2.75) is 57.4 Å². The fraction of sp³-hybridized carbons (Fsp3) is 0.800. The second-order valence-electron chi connectivity index (χ2n) is 6.85. The van der Waals surface area contributed by atoms with E-state index in [0.29, 0.717) is 26.1 Å². The molecule has 124 valence electrons. The molecule has 0 aliphatic carbocycles. The number of hydrogen-bond donors (Lipinski definition) is 0. The molecule has 6 nitrogen and oxygen atoms in total. The Bertz CT molecular complexity index is 475. The van der Waals surface area contributed by atoms with Crippen LogP contribution in [0.1, 0.15) is 40.5 Å². The third-order valence-electron chi connectivity index (χ3n) is 3.71. The van der Waals surface area contributed by atoms with Crippen LogP contribution in [0, 0.1) is 0 Å². The first-order valence-corrected chi connectivity index (χ1v) is 8.48. The lowest BCUT2D eigenvalue weighted by atomic mass is 10.2. The van der Waals surface area contributed by atoms with Gasteiger partial charge in [0.2, 0.25) is 5.91 Å². The zero-order valence-electron chi connectivity index (χ0n) is 13.6. The molecular weight excluding hydrogens is 304 g/mol. The standard InChI is InChI=1S/C15H24N2O4S/c1-10(18)22-12-7-13(19)17(9-12)11-5-6-16(8-11)14(20)21-15(2,3)4/h11-12H,5-9H2,1-4H3/t11-,12?/m1/s1. The van der Waals surface area contributed by atoms with Crippen molar-refractivity contribution in [2.75, 3.05) is 19.6 Å². The molecule has 0 aromatic carbocycles. The first-order valence-electron chi connectivity index (χ1n) is 7.60. The van der Waals surface area contributed by atoms with Gasteiger partial charge in [0, 0.05) is 38.2 Å². The van der Waals surface area contributed by atoms with Crippen molar-refractivity contribution in [1.29, 1.82) is 0 Å². The van der Waals surface area contributed by atoms with Gasteiger partial charge in [0.25, 0.3) is 0 Å². The van der Waals surface area contributed by atoms with Gasteiger partial charge in [-0.15, -0.1) is 0 Å². The van der Waals surface area contributed by atoms with Gasteiger partial charge in [0.15, 0.2) is 5.12 Å². The molecule has 2 amide bonds. The van der Waals surface area contributed by atoms with E-state index >= 15 is 0 Å². The summed E-state index contributed by atoms with van der Waals surface area (Å²) in [6.45, 7) is 8.75. The summed E-state index contributed by atoms with van der Waals surface area (Å²) in [6, 6.07) is 0.0394. The Morgan fingerprint density at radius 1 is 1.27 bits per heavy atom. The minimum Gasteiger partial charge on any atom is -0.444 e. The third-order valence-corrected chi connectivity index (χ3v) is 4.69. The highest BCUT2D eigenvalue weighted by Crippen LogP contribution is 2.29. The summed E-state index contributed by atoms with van der Waals surface area (Å²) in [5.74, 6) is 0.0785. The average molecular weight is 328 g/mol. The molecule has 2 fully saturated rings. The molecule has 0 N–H and O–H groups in total. The zero-order valence-corrected chi connectivity index (χ0v) is 14.4. The predicted octanol–water partition coefficient (Wildman–Crippen LogP) is 1.88. The van der Waals surface area contributed by atoms with Crippen LogP contribution in [-0.2, 0) is 14.3 Å². The lowest BCUT2D eigenvalue weighted by Crippen LogP contribution is -2.41. The van der Waals surface area contributed by atoms with Gasteiger partial charge in [0.05, 0.1) is 6.04 Å². The van der Waals surface area contributed by atoms with Crippen LogP contribution in [0.2, 0.25) is 0 Å². The first kappa shape index (κ1) is 17.1. The van der Waals surface area contributed by atoms with Crippen molar-refractivity contribution in [3.05, 3.63) is 0 Å². The summed E-state index contributed by atoms with van der Waals surface area (Å²) in [4.78, 5) is 38.8. The van der Waals surface area contributed by atoms with Gasteiger partial charge in [-0.3, -0.25) is 9.59 Å². The van der Waals surface area contributed by atoms with Crippen LogP contribution in [-0.4, -0.2) is 63.4 Å². The third kappa shape index (κ3) is 4.38. The number of rotatable bonds is 2. The lowest BCUT2D eigenvalue weighted by Gasteiger charge is -2.26. The fourth-order valence-electron chi connectivity index (χ4n) is 2.85. The molecule has 0 bridgehead atoms. The van der Waals surface area contributed by atoms with Crippen LogP contribution >= 0.6 is 11.8 Å². The second-order valence-corrected chi connectivity index (χ2v) is 8.33. The van der Waals surface area contributed by atoms with Crippen molar-refractivity contribution >= 4 is 28.9 Å². The summed E-state index contributed by atoms with van der Waals surface area (Å²) in [6.07, 6.45) is 0.853. The van der Waals surface area contributed by atoms with E-state index in [2.05, 4.69) is 0 Å². The smallest absolute Gasteiger partial charge is 0.410 e. The number of likely N-dealkylation sites (tertiary alicyclic amines) is 2. The Morgan fingerprint density at radius 3 is 2.55 bits per heavy atom. The van der Waals surface area contributed by atoms with Crippen molar-refractivity contribution in [3.8, 4) is 0 Å². The highest BCUT2D eigenvalue weighted by Gasteiger charge is 2.39. The topological polar surface area (TPSA) is 66.9 Å². The molecule has 0 spiro atoms. The lowest BCUT2D eigenvalue weighted by molar-refractivity contribution is -0.129. The van der Waals surface area contributed by atoms with Gasteiger partial charge < -0.3 is 14.5 Å². The van der Waals surface area contributed by atoms with E-state index in [1.54, 1.807) is 4.90 Å². The summed E-state index contributed by atoms with van der Waals surface area (Å²) >= 11 is 1.24. The Kier molecular flexibility index (Phi) is 5.04. The van der Waals surface area contributed by atoms with Crippen LogP contribution in [0.3, 0.4) is 0 Å². The minimum atomic E-state index is -0.512. The quantitative estimate of drug-likeness (QED) is 0.774. The summed E-state index contributed by atoms with van der Waals surface area (Å²) in [5, 5.41) is 0.0852. The van der Waals surface area contributed by atoms with E-state index < -0.39 is 5.60 Å². The van der Waals surface area contributed by atoms with Crippen LogP contribution in [0.5, 0.6) is 0 Å². The number of ether oxygens (including phenoxy) is 1. The first-order chi connectivity index (χ1) is 10.2. The molecule has 7 heteroatoms. The monoisotopic (exact) mass is 328 g/mol. The Hall–Kier alpha value is -1.24. The largest absolute Gasteiger partial charge is 0.444 e. The zero-order chi connectivity index (χ0) is 16.5. The average Bonchev–Trinajstić information content (AvgIpc) is 2.92. The van der Waals surface area contributed by atoms with E-state index in [-0.39, 0.29) is 28.4 Å². The molecular formula is C15H24N2O4S. The number of amides is 2. The van der Waals surface area contributed by atoms with Crippen LogP contribution in [0.15, 0.2) is 0 Å². The summed E-state index contributed by atoms with van der Waals surface area (Å²) in [5.41, 5.74) is -0.512. The number of nitrogens with zero attached hydrogens (tertiary/aromatic N) is 2. The van der Waals surface area contributed by atoms with Crippen molar-refractivity contribution in [1.82, 2.24) is 9.80 Å². The number of carbonyl (C=O) groups excluding carboxylic acids is 3. The van der Waals surface area contributed by atoms with E-state index in [0.717, 1.165) is 6.42 Å². The Balaban J connectivity index is 1.89. The predicted molar refractivity (Wildman–Crippen MR) is 84.6 cm³/mol. The van der Waals surface area contributed by atoms with E-state index in [1.165, 1.54) is 18.7 Å². The molecule has 2 heterocycles. The normalized spacial score (nSPS) is 25.7. The van der Waals surface area contributed by atoms with E-state index in [1.807, 2.05) is 25.7 Å².